The maximum absolute atomic E-state index is 12.5. The van der Waals surface area contributed by atoms with Crippen LogP contribution in [0.2, 0.25) is 0 Å². The van der Waals surface area contributed by atoms with Crippen LogP contribution in [0.15, 0.2) is 18.2 Å². The highest BCUT2D eigenvalue weighted by molar-refractivity contribution is 5.97. The van der Waals surface area contributed by atoms with Gasteiger partial charge in [-0.15, -0.1) is 0 Å². The molecule has 0 aliphatic carbocycles. The predicted molar refractivity (Wildman–Crippen MR) is 74.1 cm³/mol. The summed E-state index contributed by atoms with van der Waals surface area (Å²) in [5.74, 6) is -0.513. The second kappa shape index (κ2) is 6.92. The minimum atomic E-state index is -0.396. The lowest BCUT2D eigenvalue weighted by Crippen LogP contribution is -2.37. The van der Waals surface area contributed by atoms with Gasteiger partial charge in [0.15, 0.2) is 0 Å². The zero-order valence-electron chi connectivity index (χ0n) is 12.0. The van der Waals surface area contributed by atoms with E-state index in [-0.39, 0.29) is 12.5 Å². The van der Waals surface area contributed by atoms with Gasteiger partial charge in [0.2, 0.25) is 0 Å². The van der Waals surface area contributed by atoms with Gasteiger partial charge in [0.05, 0.1) is 7.11 Å². The highest BCUT2D eigenvalue weighted by Crippen LogP contribution is 2.14. The molecule has 0 spiro atoms. The molecule has 4 nitrogen and oxygen atoms in total. The van der Waals surface area contributed by atoms with E-state index < -0.39 is 5.97 Å². The molecule has 0 bridgehead atoms. The summed E-state index contributed by atoms with van der Waals surface area (Å²) in [5, 5.41) is 0. The van der Waals surface area contributed by atoms with E-state index in [0.29, 0.717) is 12.1 Å². The summed E-state index contributed by atoms with van der Waals surface area (Å²) in [6.45, 7) is 6.36. The van der Waals surface area contributed by atoms with Crippen molar-refractivity contribution in [2.24, 2.45) is 0 Å². The summed E-state index contributed by atoms with van der Waals surface area (Å²) in [5.41, 5.74) is 2.60. The Bertz CT molecular complexity index is 468. The first-order chi connectivity index (χ1) is 8.99. The summed E-state index contributed by atoms with van der Waals surface area (Å²) in [6.07, 6.45) is 0.799. The van der Waals surface area contributed by atoms with Gasteiger partial charge in [0.25, 0.3) is 5.91 Å². The molecule has 1 amide bonds. The molecule has 0 saturated carbocycles. The number of hydrogen-bond acceptors (Lipinski definition) is 3. The van der Waals surface area contributed by atoms with Crippen LogP contribution in [-0.4, -0.2) is 37.0 Å². The summed E-state index contributed by atoms with van der Waals surface area (Å²) >= 11 is 0. The van der Waals surface area contributed by atoms with Crippen molar-refractivity contribution in [3.63, 3.8) is 0 Å². The first-order valence-corrected chi connectivity index (χ1v) is 6.43. The van der Waals surface area contributed by atoms with E-state index in [4.69, 9.17) is 0 Å². The molecule has 4 heteroatoms. The van der Waals surface area contributed by atoms with Crippen LogP contribution >= 0.6 is 0 Å². The van der Waals surface area contributed by atoms with E-state index in [9.17, 15) is 9.59 Å². The fourth-order valence-electron chi connectivity index (χ4n) is 1.88. The molecule has 0 aliphatic heterocycles. The summed E-state index contributed by atoms with van der Waals surface area (Å²) < 4.78 is 4.63. The molecule has 0 aromatic heterocycles. The number of benzene rings is 1. The highest BCUT2D eigenvalue weighted by atomic mass is 16.5. The smallest absolute Gasteiger partial charge is 0.325 e. The van der Waals surface area contributed by atoms with E-state index in [2.05, 4.69) is 4.74 Å². The Morgan fingerprint density at radius 1 is 1.26 bits per heavy atom. The number of aryl methyl sites for hydroxylation is 2. The lowest BCUT2D eigenvalue weighted by atomic mass is 10.0. The quantitative estimate of drug-likeness (QED) is 0.766. The molecule has 0 fully saturated rings. The highest BCUT2D eigenvalue weighted by Gasteiger charge is 2.19. The van der Waals surface area contributed by atoms with Crippen molar-refractivity contribution in [3.05, 3.63) is 34.9 Å². The summed E-state index contributed by atoms with van der Waals surface area (Å²) in [6, 6.07) is 5.75. The number of carbonyl (C=O) groups is 2. The Kier molecular flexibility index (Phi) is 5.55. The third kappa shape index (κ3) is 4.09. The van der Waals surface area contributed by atoms with Gasteiger partial charge >= 0.3 is 5.97 Å². The summed E-state index contributed by atoms with van der Waals surface area (Å²) in [7, 11) is 1.33. The molecule has 0 N–H and O–H groups in total. The first-order valence-electron chi connectivity index (χ1n) is 6.43. The van der Waals surface area contributed by atoms with Crippen LogP contribution in [0.1, 0.15) is 34.8 Å². The minimum absolute atomic E-state index is 0.00342. The van der Waals surface area contributed by atoms with Gasteiger partial charge in [-0.05, 0) is 31.9 Å². The zero-order chi connectivity index (χ0) is 14.4. The Hall–Kier alpha value is -1.84. The van der Waals surface area contributed by atoms with Crippen LogP contribution in [-0.2, 0) is 9.53 Å². The fraction of sp³-hybridized carbons (Fsp3) is 0.467. The monoisotopic (exact) mass is 263 g/mol. The van der Waals surface area contributed by atoms with Gasteiger partial charge in [-0.3, -0.25) is 9.59 Å². The average molecular weight is 263 g/mol. The molecule has 0 heterocycles. The van der Waals surface area contributed by atoms with E-state index in [0.717, 1.165) is 17.5 Å². The lowest BCUT2D eigenvalue weighted by Gasteiger charge is -2.22. The molecule has 0 saturated heterocycles. The molecular weight excluding hydrogens is 242 g/mol. The molecule has 1 rings (SSSR count). The zero-order valence-corrected chi connectivity index (χ0v) is 12.0. The van der Waals surface area contributed by atoms with Crippen molar-refractivity contribution in [3.8, 4) is 0 Å². The molecule has 0 radical (unpaired) electrons. The van der Waals surface area contributed by atoms with Gasteiger partial charge < -0.3 is 9.64 Å². The van der Waals surface area contributed by atoms with Crippen molar-refractivity contribution in [2.75, 3.05) is 20.2 Å². The standard InChI is InChI=1S/C15H21NO3/c1-5-8-16(10-14(17)19-4)15(18)13-9-11(2)6-7-12(13)3/h6-7,9H,5,8,10H2,1-4H3. The molecular formula is C15H21NO3. The van der Waals surface area contributed by atoms with Crippen LogP contribution < -0.4 is 0 Å². The number of methoxy groups -OCH3 is 1. The molecule has 0 unspecified atom stereocenters. The Morgan fingerprint density at radius 3 is 2.53 bits per heavy atom. The van der Waals surface area contributed by atoms with Crippen molar-refractivity contribution < 1.29 is 14.3 Å². The second-order valence-corrected chi connectivity index (χ2v) is 4.62. The molecule has 104 valence electrons. The first kappa shape index (κ1) is 15.2. The van der Waals surface area contributed by atoms with Gasteiger partial charge in [-0.2, -0.15) is 0 Å². The van der Waals surface area contributed by atoms with Crippen molar-refractivity contribution in [1.29, 1.82) is 0 Å². The molecule has 19 heavy (non-hydrogen) atoms. The van der Waals surface area contributed by atoms with E-state index in [1.165, 1.54) is 12.0 Å². The molecule has 1 aromatic rings. The normalized spacial score (nSPS) is 10.1. The number of hydrogen-bond donors (Lipinski definition) is 0. The number of carbonyl (C=O) groups excluding carboxylic acids is 2. The predicted octanol–water partition coefficient (Wildman–Crippen LogP) is 2.33. The summed E-state index contributed by atoms with van der Waals surface area (Å²) in [4.78, 5) is 25.4. The van der Waals surface area contributed by atoms with Gasteiger partial charge in [0.1, 0.15) is 6.54 Å². The topological polar surface area (TPSA) is 46.6 Å². The molecule has 1 aromatic carbocycles. The number of ether oxygens (including phenoxy) is 1. The Balaban J connectivity index is 2.98. The molecule has 0 atom stereocenters. The van der Waals surface area contributed by atoms with E-state index >= 15 is 0 Å². The number of nitrogens with zero attached hydrogens (tertiary/aromatic N) is 1. The maximum Gasteiger partial charge on any atom is 0.325 e. The van der Waals surface area contributed by atoms with Crippen molar-refractivity contribution in [1.82, 2.24) is 4.90 Å². The van der Waals surface area contributed by atoms with Crippen LogP contribution in [0.5, 0.6) is 0 Å². The Morgan fingerprint density at radius 2 is 1.95 bits per heavy atom. The fourth-order valence-corrected chi connectivity index (χ4v) is 1.88. The third-order valence-corrected chi connectivity index (χ3v) is 2.95. The minimum Gasteiger partial charge on any atom is -0.468 e. The third-order valence-electron chi connectivity index (χ3n) is 2.95. The van der Waals surface area contributed by atoms with Crippen LogP contribution in [0.3, 0.4) is 0 Å². The van der Waals surface area contributed by atoms with Crippen molar-refractivity contribution in [2.45, 2.75) is 27.2 Å². The average Bonchev–Trinajstić information content (AvgIpc) is 2.40. The Labute approximate surface area is 114 Å². The van der Waals surface area contributed by atoms with Crippen LogP contribution in [0.4, 0.5) is 0 Å². The van der Waals surface area contributed by atoms with E-state index in [1.807, 2.05) is 39.0 Å². The SMILES string of the molecule is CCCN(CC(=O)OC)C(=O)c1cc(C)ccc1C. The van der Waals surface area contributed by atoms with Gasteiger partial charge in [0, 0.05) is 12.1 Å². The van der Waals surface area contributed by atoms with E-state index in [1.54, 1.807) is 0 Å². The van der Waals surface area contributed by atoms with Crippen LogP contribution in [0, 0.1) is 13.8 Å². The van der Waals surface area contributed by atoms with Crippen molar-refractivity contribution >= 4 is 11.9 Å². The largest absolute Gasteiger partial charge is 0.468 e. The van der Waals surface area contributed by atoms with Crippen LogP contribution in [0.25, 0.3) is 0 Å². The lowest BCUT2D eigenvalue weighted by molar-refractivity contribution is -0.141. The van der Waals surface area contributed by atoms with Gasteiger partial charge in [-0.25, -0.2) is 0 Å². The second-order valence-electron chi connectivity index (χ2n) is 4.62. The maximum atomic E-state index is 12.5. The number of rotatable bonds is 5. The number of amides is 1. The van der Waals surface area contributed by atoms with Gasteiger partial charge in [-0.1, -0.05) is 24.6 Å². The number of esters is 1. The molecule has 0 aliphatic rings.